The van der Waals surface area contributed by atoms with E-state index in [0.29, 0.717) is 12.1 Å². The third-order valence-corrected chi connectivity index (χ3v) is 6.63. The van der Waals surface area contributed by atoms with Crippen LogP contribution in [0.2, 0.25) is 0 Å². The number of aryl methyl sites for hydroxylation is 2. The first kappa shape index (κ1) is 14.5. The van der Waals surface area contributed by atoms with Crippen LogP contribution in [0.3, 0.4) is 0 Å². The predicted octanol–water partition coefficient (Wildman–Crippen LogP) is 0.00444. The van der Waals surface area contributed by atoms with Gasteiger partial charge in [0, 0.05) is 6.54 Å². The lowest BCUT2D eigenvalue weighted by atomic mass is 10.1. The second-order valence-electron chi connectivity index (χ2n) is 4.77. The van der Waals surface area contributed by atoms with Gasteiger partial charge in [-0.3, -0.25) is 0 Å². The average Bonchev–Trinajstić information content (AvgIpc) is 2.79. The summed E-state index contributed by atoms with van der Waals surface area (Å²) in [4.78, 5) is 0.0355. The average molecular weight is 308 g/mol. The van der Waals surface area contributed by atoms with Crippen molar-refractivity contribution < 1.29 is 21.4 Å². The Morgan fingerprint density at radius 1 is 1.42 bits per heavy atom. The van der Waals surface area contributed by atoms with Gasteiger partial charge in [0.05, 0.1) is 11.5 Å². The van der Waals surface area contributed by atoms with E-state index in [-0.39, 0.29) is 34.6 Å². The number of aromatic nitrogens is 1. The lowest BCUT2D eigenvalue weighted by molar-refractivity contribution is 0.390. The zero-order valence-electron chi connectivity index (χ0n) is 10.7. The molecule has 9 heteroatoms. The van der Waals surface area contributed by atoms with Gasteiger partial charge in [-0.1, -0.05) is 5.16 Å². The van der Waals surface area contributed by atoms with Gasteiger partial charge in [-0.2, -0.15) is 0 Å². The summed E-state index contributed by atoms with van der Waals surface area (Å²) in [6, 6.07) is 0. The van der Waals surface area contributed by atoms with Crippen molar-refractivity contribution in [3.05, 3.63) is 11.5 Å². The zero-order valence-corrected chi connectivity index (χ0v) is 12.3. The minimum Gasteiger partial charge on any atom is -0.360 e. The van der Waals surface area contributed by atoms with E-state index in [9.17, 15) is 16.8 Å². The molecule has 0 radical (unpaired) electrons. The molecule has 1 saturated heterocycles. The molecule has 0 aliphatic carbocycles. The molecule has 0 saturated carbocycles. The number of nitrogens with zero attached hydrogens (tertiary/aromatic N) is 1. The van der Waals surface area contributed by atoms with Gasteiger partial charge in [-0.05, 0) is 26.2 Å². The van der Waals surface area contributed by atoms with Gasteiger partial charge >= 0.3 is 0 Å². The summed E-state index contributed by atoms with van der Waals surface area (Å²) in [5, 5.41) is 3.60. The Kier molecular flexibility index (Phi) is 3.72. The van der Waals surface area contributed by atoms with E-state index in [4.69, 9.17) is 4.52 Å². The fourth-order valence-corrected chi connectivity index (χ4v) is 5.49. The molecule has 1 aliphatic rings. The van der Waals surface area contributed by atoms with Crippen molar-refractivity contribution in [1.29, 1.82) is 0 Å². The fourth-order valence-electron chi connectivity index (χ4n) is 2.19. The molecule has 0 bridgehead atoms. The van der Waals surface area contributed by atoms with Crippen molar-refractivity contribution in [3.63, 3.8) is 0 Å². The maximum Gasteiger partial charge on any atom is 0.245 e. The molecule has 108 valence electrons. The zero-order chi connectivity index (χ0) is 14.3. The molecule has 0 amide bonds. The van der Waals surface area contributed by atoms with Gasteiger partial charge in [0.25, 0.3) is 0 Å². The van der Waals surface area contributed by atoms with Crippen molar-refractivity contribution in [2.75, 3.05) is 18.1 Å². The molecule has 2 heterocycles. The number of hydrogen-bond acceptors (Lipinski definition) is 6. The predicted molar refractivity (Wildman–Crippen MR) is 67.9 cm³/mol. The summed E-state index contributed by atoms with van der Waals surface area (Å²) in [5.41, 5.74) is 0.295. The Balaban J connectivity index is 2.07. The highest BCUT2D eigenvalue weighted by Crippen LogP contribution is 2.21. The first-order valence-corrected chi connectivity index (χ1v) is 9.15. The first-order chi connectivity index (χ1) is 8.71. The summed E-state index contributed by atoms with van der Waals surface area (Å²) in [7, 11) is -6.70. The highest BCUT2D eigenvalue weighted by atomic mass is 32.2. The van der Waals surface area contributed by atoms with Crippen LogP contribution in [0.5, 0.6) is 0 Å². The third-order valence-electron chi connectivity index (χ3n) is 3.13. The highest BCUT2D eigenvalue weighted by molar-refractivity contribution is 7.91. The van der Waals surface area contributed by atoms with Crippen molar-refractivity contribution >= 4 is 19.9 Å². The Hall–Kier alpha value is -0.930. The largest absolute Gasteiger partial charge is 0.360 e. The first-order valence-electron chi connectivity index (χ1n) is 5.84. The fraction of sp³-hybridized carbons (Fsp3) is 0.700. The van der Waals surface area contributed by atoms with Crippen LogP contribution >= 0.6 is 0 Å². The molecule has 1 unspecified atom stereocenters. The summed E-state index contributed by atoms with van der Waals surface area (Å²) >= 11 is 0. The maximum atomic E-state index is 12.1. The minimum absolute atomic E-state index is 0.0355. The van der Waals surface area contributed by atoms with Gasteiger partial charge in [0.15, 0.2) is 15.6 Å². The molecule has 0 aromatic carbocycles. The molecular weight excluding hydrogens is 292 g/mol. The molecule has 1 aromatic heterocycles. The normalized spacial score (nSPS) is 22.7. The number of sulfonamides is 1. The van der Waals surface area contributed by atoms with E-state index in [1.165, 1.54) is 6.92 Å². The van der Waals surface area contributed by atoms with E-state index >= 15 is 0 Å². The van der Waals surface area contributed by atoms with Gasteiger partial charge in [-0.15, -0.1) is 0 Å². The van der Waals surface area contributed by atoms with Crippen LogP contribution in [0.25, 0.3) is 0 Å². The van der Waals surface area contributed by atoms with Crippen molar-refractivity contribution in [2.45, 2.75) is 25.2 Å². The van der Waals surface area contributed by atoms with Gasteiger partial charge in [-0.25, -0.2) is 21.6 Å². The van der Waals surface area contributed by atoms with Gasteiger partial charge in [0.2, 0.25) is 10.0 Å². The smallest absolute Gasteiger partial charge is 0.245 e. The Labute approximate surface area is 112 Å². The summed E-state index contributed by atoms with van der Waals surface area (Å²) in [6.45, 7) is 3.19. The molecule has 1 aliphatic heterocycles. The molecule has 0 spiro atoms. The van der Waals surface area contributed by atoms with Crippen LogP contribution in [0.1, 0.15) is 17.9 Å². The quantitative estimate of drug-likeness (QED) is 0.839. The Bertz CT molecular complexity index is 655. The van der Waals surface area contributed by atoms with E-state index in [1.807, 2.05) is 0 Å². The van der Waals surface area contributed by atoms with Crippen molar-refractivity contribution in [3.8, 4) is 0 Å². The van der Waals surface area contributed by atoms with Crippen molar-refractivity contribution in [2.24, 2.45) is 5.92 Å². The van der Waals surface area contributed by atoms with Crippen LogP contribution in [0.4, 0.5) is 0 Å². The maximum absolute atomic E-state index is 12.1. The van der Waals surface area contributed by atoms with Gasteiger partial charge < -0.3 is 4.52 Å². The number of nitrogens with one attached hydrogen (secondary N) is 1. The van der Waals surface area contributed by atoms with E-state index < -0.39 is 19.9 Å². The monoisotopic (exact) mass is 308 g/mol. The molecular formula is C10H16N2O5S2. The van der Waals surface area contributed by atoms with Gasteiger partial charge in [0.1, 0.15) is 10.6 Å². The SMILES string of the molecule is Cc1noc(C)c1S(=O)(=O)NCC1CCS(=O)(=O)C1. The van der Waals surface area contributed by atoms with E-state index in [2.05, 4.69) is 9.88 Å². The molecule has 2 rings (SSSR count). The van der Waals surface area contributed by atoms with E-state index in [1.54, 1.807) is 6.92 Å². The topological polar surface area (TPSA) is 106 Å². The third kappa shape index (κ3) is 3.15. The van der Waals surface area contributed by atoms with Crippen LogP contribution in [-0.4, -0.2) is 40.0 Å². The second kappa shape index (κ2) is 4.88. The number of rotatable bonds is 4. The van der Waals surface area contributed by atoms with Crippen LogP contribution in [0.15, 0.2) is 9.42 Å². The van der Waals surface area contributed by atoms with Crippen LogP contribution < -0.4 is 4.72 Å². The molecule has 1 aromatic rings. The lowest BCUT2D eigenvalue weighted by Gasteiger charge is -2.09. The lowest BCUT2D eigenvalue weighted by Crippen LogP contribution is -2.30. The molecule has 1 fully saturated rings. The molecule has 7 nitrogen and oxygen atoms in total. The summed E-state index contributed by atoms with van der Waals surface area (Å²) < 4.78 is 54.0. The highest BCUT2D eigenvalue weighted by Gasteiger charge is 2.30. The van der Waals surface area contributed by atoms with Crippen molar-refractivity contribution in [1.82, 2.24) is 9.88 Å². The Morgan fingerprint density at radius 2 is 2.11 bits per heavy atom. The molecule has 19 heavy (non-hydrogen) atoms. The standard InChI is InChI=1S/C10H16N2O5S2/c1-7-10(8(2)17-12-7)19(15,16)11-5-9-3-4-18(13,14)6-9/h9,11H,3-6H2,1-2H3. The second-order valence-corrected chi connectivity index (χ2v) is 8.71. The van der Waals surface area contributed by atoms with E-state index in [0.717, 1.165) is 0 Å². The molecule has 1 N–H and O–H groups in total. The number of sulfone groups is 1. The summed E-state index contributed by atoms with van der Waals surface area (Å²) in [5.74, 6) is 0.228. The summed E-state index contributed by atoms with van der Waals surface area (Å²) in [6.07, 6.45) is 0.493. The van der Waals surface area contributed by atoms with Crippen LogP contribution in [-0.2, 0) is 19.9 Å². The molecule has 1 atom stereocenters. The number of hydrogen-bond donors (Lipinski definition) is 1. The van der Waals surface area contributed by atoms with Crippen LogP contribution in [0, 0.1) is 19.8 Å². The Morgan fingerprint density at radius 3 is 2.58 bits per heavy atom. The minimum atomic E-state index is -3.70.